The van der Waals surface area contributed by atoms with Crippen molar-refractivity contribution in [3.8, 4) is 0 Å². The topological polar surface area (TPSA) is 114 Å². The Kier molecular flexibility index (Phi) is 6.77. The van der Waals surface area contributed by atoms with Crippen molar-refractivity contribution in [1.82, 2.24) is 14.9 Å². The number of aryl methyl sites for hydroxylation is 1. The number of carbonyl (C=O) groups is 1. The van der Waals surface area contributed by atoms with E-state index in [2.05, 4.69) is 14.9 Å². The molecule has 0 aliphatic rings. The lowest BCUT2D eigenvalue weighted by molar-refractivity contribution is -0.167. The van der Waals surface area contributed by atoms with Crippen LogP contribution in [0.3, 0.4) is 0 Å². The standard InChI is InChI=1S/C16H19F3N4O4S/c1-10(2)14-22-13(27-23-14)4-3-9-20-28(25,26)12-7-5-11(6-8-12)21-15(24)16(17,18)19/h5-8,10,20H,3-4,9H2,1-2H3,(H,21,24). The predicted octanol–water partition coefficient (Wildman–Crippen LogP) is 2.60. The van der Waals surface area contributed by atoms with Crippen LogP contribution >= 0.6 is 0 Å². The fraction of sp³-hybridized carbons (Fsp3) is 0.438. The van der Waals surface area contributed by atoms with Crippen molar-refractivity contribution in [3.63, 3.8) is 0 Å². The zero-order chi connectivity index (χ0) is 20.9. The van der Waals surface area contributed by atoms with Crippen molar-refractivity contribution < 1.29 is 30.9 Å². The van der Waals surface area contributed by atoms with E-state index in [4.69, 9.17) is 4.52 Å². The molecule has 0 unspecified atom stereocenters. The minimum absolute atomic E-state index is 0.105. The Bertz CT molecular complexity index is 909. The average molecular weight is 420 g/mol. The molecule has 154 valence electrons. The Morgan fingerprint density at radius 1 is 1.21 bits per heavy atom. The van der Waals surface area contributed by atoms with E-state index in [9.17, 15) is 26.4 Å². The first-order valence-corrected chi connectivity index (χ1v) is 9.78. The van der Waals surface area contributed by atoms with E-state index < -0.39 is 22.1 Å². The number of nitrogens with zero attached hydrogens (tertiary/aromatic N) is 2. The summed E-state index contributed by atoms with van der Waals surface area (Å²) in [7, 11) is -3.85. The molecule has 2 aromatic rings. The summed E-state index contributed by atoms with van der Waals surface area (Å²) < 4.78 is 68.5. The van der Waals surface area contributed by atoms with Crippen LogP contribution in [0.1, 0.15) is 37.9 Å². The van der Waals surface area contributed by atoms with E-state index in [0.29, 0.717) is 24.6 Å². The summed E-state index contributed by atoms with van der Waals surface area (Å²) in [5.74, 6) is -1.02. The van der Waals surface area contributed by atoms with Gasteiger partial charge >= 0.3 is 12.1 Å². The van der Waals surface area contributed by atoms with Gasteiger partial charge in [0.1, 0.15) is 0 Å². The number of halogens is 3. The molecule has 28 heavy (non-hydrogen) atoms. The molecular formula is C16H19F3N4O4S. The Labute approximate surface area is 159 Å². The molecule has 1 aromatic carbocycles. The van der Waals surface area contributed by atoms with E-state index in [-0.39, 0.29) is 23.0 Å². The van der Waals surface area contributed by atoms with Crippen LogP contribution < -0.4 is 10.0 Å². The highest BCUT2D eigenvalue weighted by Gasteiger charge is 2.38. The van der Waals surface area contributed by atoms with Crippen molar-refractivity contribution >= 4 is 21.6 Å². The summed E-state index contributed by atoms with van der Waals surface area (Å²) >= 11 is 0. The maximum Gasteiger partial charge on any atom is 0.471 e. The predicted molar refractivity (Wildman–Crippen MR) is 93.0 cm³/mol. The summed E-state index contributed by atoms with van der Waals surface area (Å²) in [5, 5.41) is 5.45. The highest BCUT2D eigenvalue weighted by Crippen LogP contribution is 2.19. The van der Waals surface area contributed by atoms with Gasteiger partial charge in [-0.3, -0.25) is 4.79 Å². The third-order valence-electron chi connectivity index (χ3n) is 3.54. The number of carbonyl (C=O) groups excluding carboxylic acids is 1. The van der Waals surface area contributed by atoms with Gasteiger partial charge < -0.3 is 9.84 Å². The van der Waals surface area contributed by atoms with Crippen LogP contribution in [0.15, 0.2) is 33.7 Å². The SMILES string of the molecule is CC(C)c1noc(CCCNS(=O)(=O)c2ccc(NC(=O)C(F)(F)F)cc2)n1. The number of rotatable bonds is 8. The van der Waals surface area contributed by atoms with E-state index in [1.165, 1.54) is 0 Å². The summed E-state index contributed by atoms with van der Waals surface area (Å²) in [6.45, 7) is 3.94. The molecule has 12 heteroatoms. The molecule has 1 amide bonds. The quantitative estimate of drug-likeness (QED) is 0.635. The highest BCUT2D eigenvalue weighted by molar-refractivity contribution is 7.89. The van der Waals surface area contributed by atoms with Gasteiger partial charge in [-0.25, -0.2) is 13.1 Å². The minimum atomic E-state index is -5.03. The number of anilines is 1. The smallest absolute Gasteiger partial charge is 0.339 e. The summed E-state index contributed by atoms with van der Waals surface area (Å²) in [6, 6.07) is 4.34. The summed E-state index contributed by atoms with van der Waals surface area (Å²) in [6.07, 6.45) is -4.22. The number of amides is 1. The lowest BCUT2D eigenvalue weighted by Crippen LogP contribution is -2.30. The van der Waals surface area contributed by atoms with Crippen molar-refractivity contribution in [2.24, 2.45) is 0 Å². The number of alkyl halides is 3. The Morgan fingerprint density at radius 2 is 1.86 bits per heavy atom. The molecule has 2 N–H and O–H groups in total. The molecule has 0 fully saturated rings. The first-order chi connectivity index (χ1) is 13.0. The lowest BCUT2D eigenvalue weighted by atomic mass is 10.2. The van der Waals surface area contributed by atoms with E-state index in [0.717, 1.165) is 24.3 Å². The second-order valence-corrected chi connectivity index (χ2v) is 7.95. The monoisotopic (exact) mass is 420 g/mol. The highest BCUT2D eigenvalue weighted by atomic mass is 32.2. The Morgan fingerprint density at radius 3 is 2.39 bits per heavy atom. The molecule has 2 rings (SSSR count). The molecule has 0 atom stereocenters. The number of aromatic nitrogens is 2. The molecule has 1 aromatic heterocycles. The zero-order valence-corrected chi connectivity index (χ0v) is 15.9. The number of sulfonamides is 1. The van der Waals surface area contributed by atoms with Gasteiger partial charge in [-0.1, -0.05) is 19.0 Å². The maximum absolute atomic E-state index is 12.2. The zero-order valence-electron chi connectivity index (χ0n) is 15.1. The number of hydrogen-bond acceptors (Lipinski definition) is 6. The molecule has 0 radical (unpaired) electrons. The fourth-order valence-corrected chi connectivity index (χ4v) is 3.13. The van der Waals surface area contributed by atoms with Gasteiger partial charge in [0.2, 0.25) is 15.9 Å². The molecule has 0 bridgehead atoms. The molecular weight excluding hydrogens is 401 g/mol. The first-order valence-electron chi connectivity index (χ1n) is 8.29. The van der Waals surface area contributed by atoms with Gasteiger partial charge in [0, 0.05) is 24.6 Å². The lowest BCUT2D eigenvalue weighted by Gasteiger charge is -2.09. The molecule has 0 aliphatic carbocycles. The van der Waals surface area contributed by atoms with Crippen LogP contribution in [0, 0.1) is 0 Å². The van der Waals surface area contributed by atoms with Gasteiger partial charge in [0.15, 0.2) is 5.82 Å². The molecule has 0 saturated heterocycles. The normalized spacial score (nSPS) is 12.4. The number of hydrogen-bond donors (Lipinski definition) is 2. The van der Waals surface area contributed by atoms with Gasteiger partial charge in [0.05, 0.1) is 4.90 Å². The van der Waals surface area contributed by atoms with Gasteiger partial charge in [0.25, 0.3) is 0 Å². The fourth-order valence-electron chi connectivity index (χ4n) is 2.05. The molecule has 8 nitrogen and oxygen atoms in total. The van der Waals surface area contributed by atoms with Gasteiger partial charge in [-0.15, -0.1) is 0 Å². The van der Waals surface area contributed by atoms with E-state index in [1.54, 1.807) is 5.32 Å². The summed E-state index contributed by atoms with van der Waals surface area (Å²) in [5.41, 5.74) is -0.168. The third kappa shape index (κ3) is 6.02. The largest absolute Gasteiger partial charge is 0.471 e. The van der Waals surface area contributed by atoms with Crippen LogP contribution in [0.4, 0.5) is 18.9 Å². The minimum Gasteiger partial charge on any atom is -0.339 e. The molecule has 0 spiro atoms. The van der Waals surface area contributed by atoms with Crippen molar-refractivity contribution in [2.45, 2.75) is 43.7 Å². The third-order valence-corrected chi connectivity index (χ3v) is 5.02. The van der Waals surface area contributed by atoms with Crippen LogP contribution in [0.5, 0.6) is 0 Å². The molecule has 1 heterocycles. The van der Waals surface area contributed by atoms with Crippen molar-refractivity contribution in [2.75, 3.05) is 11.9 Å². The van der Waals surface area contributed by atoms with E-state index in [1.807, 2.05) is 13.8 Å². The van der Waals surface area contributed by atoms with Crippen LogP contribution in [0.2, 0.25) is 0 Å². The average Bonchev–Trinajstić information content (AvgIpc) is 3.08. The second-order valence-electron chi connectivity index (χ2n) is 6.18. The van der Waals surface area contributed by atoms with Crippen LogP contribution in [-0.2, 0) is 21.2 Å². The Balaban J connectivity index is 1.87. The first kappa shape index (κ1) is 21.8. The van der Waals surface area contributed by atoms with Crippen LogP contribution in [-0.4, -0.2) is 37.2 Å². The molecule has 0 aliphatic heterocycles. The second kappa shape index (κ2) is 8.69. The van der Waals surface area contributed by atoms with Gasteiger partial charge in [-0.2, -0.15) is 18.2 Å². The number of benzene rings is 1. The maximum atomic E-state index is 12.2. The van der Waals surface area contributed by atoms with Crippen molar-refractivity contribution in [3.05, 3.63) is 36.0 Å². The van der Waals surface area contributed by atoms with Gasteiger partial charge in [-0.05, 0) is 30.7 Å². The Hall–Kier alpha value is -2.47. The number of nitrogens with one attached hydrogen (secondary N) is 2. The van der Waals surface area contributed by atoms with Crippen molar-refractivity contribution in [1.29, 1.82) is 0 Å². The summed E-state index contributed by atoms with van der Waals surface area (Å²) in [4.78, 5) is 14.9. The van der Waals surface area contributed by atoms with Crippen LogP contribution in [0.25, 0.3) is 0 Å². The van der Waals surface area contributed by atoms with E-state index >= 15 is 0 Å². The molecule has 0 saturated carbocycles.